The van der Waals surface area contributed by atoms with Gasteiger partial charge in [0.1, 0.15) is 0 Å². The van der Waals surface area contributed by atoms with E-state index in [1.165, 1.54) is 19.3 Å². The zero-order valence-corrected chi connectivity index (χ0v) is 11.8. The van der Waals surface area contributed by atoms with E-state index in [-0.39, 0.29) is 5.95 Å². The van der Waals surface area contributed by atoms with Crippen LogP contribution in [0, 0.1) is 0 Å². The minimum atomic E-state index is -1.11. The molecule has 1 atom stereocenters. The second kappa shape index (κ2) is 8.58. The first-order valence-electron chi connectivity index (χ1n) is 7.07. The Balaban J connectivity index is 2.36. The molecule has 0 saturated heterocycles. The lowest BCUT2D eigenvalue weighted by Gasteiger charge is -2.24. The highest BCUT2D eigenvalue weighted by molar-refractivity contribution is 5.27. The first-order chi connectivity index (χ1) is 9.61. The highest BCUT2D eigenvalue weighted by atomic mass is 16.7. The Morgan fingerprint density at radius 1 is 1.00 bits per heavy atom. The van der Waals surface area contributed by atoms with E-state index in [1.54, 1.807) is 0 Å². The summed E-state index contributed by atoms with van der Waals surface area (Å²) in [4.78, 5) is 0. The topological polar surface area (TPSA) is 99.4 Å². The minimum absolute atomic E-state index is 0.257. The van der Waals surface area contributed by atoms with Gasteiger partial charge in [-0.2, -0.15) is 0 Å². The first-order valence-corrected chi connectivity index (χ1v) is 7.07. The molecule has 6 nitrogen and oxygen atoms in total. The number of rotatable bonds is 9. The van der Waals surface area contributed by atoms with E-state index in [9.17, 15) is 15.3 Å². The maximum atomic E-state index is 9.57. The van der Waals surface area contributed by atoms with Crippen LogP contribution in [-0.2, 0) is 9.47 Å². The molecule has 1 heterocycles. The maximum absolute atomic E-state index is 9.57. The van der Waals surface area contributed by atoms with Crippen molar-refractivity contribution in [2.45, 2.75) is 51.6 Å². The van der Waals surface area contributed by atoms with Crippen molar-refractivity contribution in [2.75, 3.05) is 13.2 Å². The summed E-state index contributed by atoms with van der Waals surface area (Å²) in [6.45, 7) is 1.98. The molecular formula is C14H24O6. The lowest BCUT2D eigenvalue weighted by Crippen LogP contribution is -2.27. The normalized spacial score (nSPS) is 19.2. The lowest BCUT2D eigenvalue weighted by molar-refractivity contribution is -0.0514. The van der Waals surface area contributed by atoms with Crippen molar-refractivity contribution in [1.82, 2.24) is 0 Å². The summed E-state index contributed by atoms with van der Waals surface area (Å²) >= 11 is 0. The molecule has 1 rings (SSSR count). The predicted octanol–water partition coefficient (Wildman–Crippen LogP) is 2.81. The lowest BCUT2D eigenvalue weighted by atomic mass is 10.1. The molecular weight excluding hydrogens is 264 g/mol. The fourth-order valence-corrected chi connectivity index (χ4v) is 1.88. The molecule has 0 aromatic carbocycles. The van der Waals surface area contributed by atoms with Gasteiger partial charge in [-0.05, 0) is 6.42 Å². The summed E-state index contributed by atoms with van der Waals surface area (Å²) in [5, 5.41) is 37.4. The van der Waals surface area contributed by atoms with Gasteiger partial charge in [-0.1, -0.05) is 39.0 Å². The van der Waals surface area contributed by atoms with Crippen LogP contribution in [0.15, 0.2) is 23.2 Å². The van der Waals surface area contributed by atoms with Crippen LogP contribution in [0.4, 0.5) is 0 Å². The monoisotopic (exact) mass is 288 g/mol. The number of hydrogen-bond acceptors (Lipinski definition) is 6. The Labute approximate surface area is 119 Å². The van der Waals surface area contributed by atoms with E-state index < -0.39 is 30.0 Å². The number of hydrogen-bond donors (Lipinski definition) is 4. The van der Waals surface area contributed by atoms with Gasteiger partial charge in [-0.3, -0.25) is 0 Å². The molecule has 4 N–H and O–H groups in total. The van der Waals surface area contributed by atoms with Gasteiger partial charge in [0.2, 0.25) is 11.5 Å². The van der Waals surface area contributed by atoms with Crippen molar-refractivity contribution in [3.05, 3.63) is 23.2 Å². The van der Waals surface area contributed by atoms with Crippen LogP contribution in [0.3, 0.4) is 0 Å². The molecule has 0 bridgehead atoms. The number of ether oxygens (including phenoxy) is 2. The third-order valence-electron chi connectivity index (χ3n) is 3.11. The Hall–Kier alpha value is -1.56. The van der Waals surface area contributed by atoms with Crippen molar-refractivity contribution in [2.24, 2.45) is 0 Å². The average molecular weight is 288 g/mol. The second-order valence-electron chi connectivity index (χ2n) is 4.78. The molecule has 6 heteroatoms. The standard InChI is InChI=1S/C14H24O6/c1-2-3-4-5-6-7-8-19-14-13(18)12(17)11(16)10(9-15)20-14/h10,15-18H,2-9H2,1H3/t10-/m1/s1. The third kappa shape index (κ3) is 4.52. The molecule has 0 aromatic heterocycles. The molecule has 0 saturated carbocycles. The van der Waals surface area contributed by atoms with Gasteiger partial charge in [0, 0.05) is 0 Å². The van der Waals surface area contributed by atoms with E-state index in [2.05, 4.69) is 6.92 Å². The number of unbranched alkanes of at least 4 members (excludes halogenated alkanes) is 5. The van der Waals surface area contributed by atoms with Crippen molar-refractivity contribution in [3.8, 4) is 0 Å². The van der Waals surface area contributed by atoms with Crippen LogP contribution in [-0.4, -0.2) is 39.7 Å². The summed E-state index contributed by atoms with van der Waals surface area (Å²) in [7, 11) is 0. The Kier molecular flexibility index (Phi) is 7.08. The van der Waals surface area contributed by atoms with Crippen LogP contribution >= 0.6 is 0 Å². The highest BCUT2D eigenvalue weighted by Crippen LogP contribution is 2.26. The predicted molar refractivity (Wildman–Crippen MR) is 73.2 cm³/mol. The SMILES string of the molecule is CCCCCCCCOC1=C(O)C(O)=C(O)[C@@H](CO)O1. The Morgan fingerprint density at radius 2 is 1.65 bits per heavy atom. The van der Waals surface area contributed by atoms with Gasteiger partial charge < -0.3 is 29.9 Å². The van der Waals surface area contributed by atoms with Crippen molar-refractivity contribution in [1.29, 1.82) is 0 Å². The van der Waals surface area contributed by atoms with E-state index in [4.69, 9.17) is 14.6 Å². The zero-order valence-electron chi connectivity index (χ0n) is 11.8. The van der Waals surface area contributed by atoms with Crippen LogP contribution in [0.25, 0.3) is 0 Å². The maximum Gasteiger partial charge on any atom is 0.328 e. The van der Waals surface area contributed by atoms with Crippen LogP contribution in [0.1, 0.15) is 45.4 Å². The van der Waals surface area contributed by atoms with Crippen LogP contribution in [0.5, 0.6) is 0 Å². The van der Waals surface area contributed by atoms with E-state index in [0.29, 0.717) is 6.61 Å². The van der Waals surface area contributed by atoms with Gasteiger partial charge in [-0.25, -0.2) is 0 Å². The average Bonchev–Trinajstić information content (AvgIpc) is 2.46. The highest BCUT2D eigenvalue weighted by Gasteiger charge is 2.31. The van der Waals surface area contributed by atoms with E-state index in [1.807, 2.05) is 0 Å². The minimum Gasteiger partial charge on any atom is -0.505 e. The Morgan fingerprint density at radius 3 is 2.30 bits per heavy atom. The molecule has 0 aromatic rings. The Bertz CT molecular complexity index is 361. The van der Waals surface area contributed by atoms with E-state index >= 15 is 0 Å². The van der Waals surface area contributed by atoms with Crippen molar-refractivity contribution >= 4 is 0 Å². The van der Waals surface area contributed by atoms with Gasteiger partial charge >= 0.3 is 5.95 Å². The molecule has 1 aliphatic heterocycles. The van der Waals surface area contributed by atoms with Gasteiger partial charge in [0.05, 0.1) is 13.2 Å². The summed E-state index contributed by atoms with van der Waals surface area (Å²) in [5.74, 6) is -2.21. The van der Waals surface area contributed by atoms with Gasteiger partial charge in [0.25, 0.3) is 0 Å². The summed E-state index contributed by atoms with van der Waals surface area (Å²) in [5.41, 5.74) is 0. The number of aliphatic hydroxyl groups is 4. The van der Waals surface area contributed by atoms with Gasteiger partial charge in [-0.15, -0.1) is 0 Å². The summed E-state index contributed by atoms with van der Waals surface area (Å²) in [6, 6.07) is 0. The van der Waals surface area contributed by atoms with E-state index in [0.717, 1.165) is 19.3 Å². The van der Waals surface area contributed by atoms with Crippen LogP contribution in [0.2, 0.25) is 0 Å². The number of aliphatic hydroxyl groups excluding tert-OH is 4. The summed E-state index contributed by atoms with van der Waals surface area (Å²) < 4.78 is 10.3. The molecule has 0 unspecified atom stereocenters. The molecule has 0 fully saturated rings. The largest absolute Gasteiger partial charge is 0.505 e. The van der Waals surface area contributed by atoms with Crippen LogP contribution < -0.4 is 0 Å². The fraction of sp³-hybridized carbons (Fsp3) is 0.714. The molecule has 116 valence electrons. The molecule has 0 aliphatic carbocycles. The van der Waals surface area contributed by atoms with Crippen molar-refractivity contribution in [3.63, 3.8) is 0 Å². The molecule has 20 heavy (non-hydrogen) atoms. The molecule has 1 aliphatic rings. The zero-order chi connectivity index (χ0) is 15.0. The quantitative estimate of drug-likeness (QED) is 0.487. The van der Waals surface area contributed by atoms with Gasteiger partial charge in [0.15, 0.2) is 11.9 Å². The molecule has 0 spiro atoms. The molecule has 0 amide bonds. The third-order valence-corrected chi connectivity index (χ3v) is 3.11. The molecule has 0 radical (unpaired) electrons. The smallest absolute Gasteiger partial charge is 0.328 e. The first kappa shape index (κ1) is 16.5. The second-order valence-corrected chi connectivity index (χ2v) is 4.78. The summed E-state index contributed by atoms with van der Waals surface area (Å²) in [6.07, 6.45) is 5.48. The van der Waals surface area contributed by atoms with Crippen molar-refractivity contribution < 1.29 is 29.9 Å². The fourth-order valence-electron chi connectivity index (χ4n) is 1.88.